The van der Waals surface area contributed by atoms with Gasteiger partial charge in [0.1, 0.15) is 11.4 Å². The number of aryl methyl sites for hydroxylation is 1. The highest BCUT2D eigenvalue weighted by molar-refractivity contribution is 6.39. The summed E-state index contributed by atoms with van der Waals surface area (Å²) in [6.45, 7) is 1.36. The predicted molar refractivity (Wildman–Crippen MR) is 184 cm³/mol. The van der Waals surface area contributed by atoms with Gasteiger partial charge in [0.2, 0.25) is 11.8 Å². The third-order valence-corrected chi connectivity index (χ3v) is 11.8. The van der Waals surface area contributed by atoms with Crippen molar-refractivity contribution < 1.29 is 19.7 Å². The van der Waals surface area contributed by atoms with Crippen LogP contribution in [0.5, 0.6) is 11.8 Å². The first-order valence-electron chi connectivity index (χ1n) is 16.6. The highest BCUT2D eigenvalue weighted by Gasteiger charge is 2.67. The van der Waals surface area contributed by atoms with E-state index in [9.17, 15) is 10.2 Å². The fourth-order valence-corrected chi connectivity index (χ4v) is 9.61. The maximum atomic E-state index is 10.1. The average Bonchev–Trinajstić information content (AvgIpc) is 3.02. The molecule has 3 N–H and O–H groups in total. The molecule has 0 spiro atoms. The van der Waals surface area contributed by atoms with Crippen molar-refractivity contribution in [2.75, 3.05) is 20.8 Å². The third kappa shape index (κ3) is 5.44. The minimum Gasteiger partial charge on any atom is -0.480 e. The van der Waals surface area contributed by atoms with Gasteiger partial charge in [-0.25, -0.2) is 9.97 Å². The van der Waals surface area contributed by atoms with Crippen molar-refractivity contribution in [1.29, 1.82) is 0 Å². The summed E-state index contributed by atoms with van der Waals surface area (Å²) in [5, 5.41) is 24.6. The maximum absolute atomic E-state index is 10.1. The Morgan fingerprint density at radius 1 is 0.708 bits per heavy atom. The molecule has 0 unspecified atom stereocenters. The summed E-state index contributed by atoms with van der Waals surface area (Å²) in [6, 6.07) is 11.5. The summed E-state index contributed by atoms with van der Waals surface area (Å²) in [5.41, 5.74) is 5.46. The fourth-order valence-electron chi connectivity index (χ4n) is 8.96. The first-order valence-corrected chi connectivity index (χ1v) is 17.3. The number of benzene rings is 2. The van der Waals surface area contributed by atoms with Crippen LogP contribution in [0.4, 0.5) is 0 Å². The van der Waals surface area contributed by atoms with Crippen molar-refractivity contribution in [3.63, 3.8) is 0 Å². The van der Waals surface area contributed by atoms with Gasteiger partial charge in [0.05, 0.1) is 59.2 Å². The molecule has 250 valence electrons. The maximum Gasteiger partial charge on any atom is 0.237 e. The SMILES string of the molecule is COc1nc(-c2cccc(-c3cccc(-c4cnc(CNCC56CC(O)(C5)C6)c(OC)n4)c3Cl)c2Cl)cnc1CCCC12CC(O)(C1)C2. The monoisotopic (exact) mass is 687 g/mol. The molecule has 0 amide bonds. The number of hydrogen-bond donors (Lipinski definition) is 3. The van der Waals surface area contributed by atoms with Crippen LogP contribution in [0.2, 0.25) is 10.0 Å². The highest BCUT2D eigenvalue weighted by Crippen LogP contribution is 2.69. The molecular formula is C37H39Cl2N5O4. The Labute approximate surface area is 290 Å². The molecule has 0 aliphatic heterocycles. The van der Waals surface area contributed by atoms with E-state index in [0.717, 1.165) is 86.7 Å². The lowest BCUT2D eigenvalue weighted by molar-refractivity contribution is -0.262. The fraction of sp³-hybridized carbons (Fsp3) is 0.459. The second kappa shape index (κ2) is 11.6. The Hall–Kier alpha value is -3.34. The van der Waals surface area contributed by atoms with E-state index < -0.39 is 5.60 Å². The van der Waals surface area contributed by atoms with E-state index in [1.54, 1.807) is 26.6 Å². The molecule has 0 saturated heterocycles. The Balaban J connectivity index is 0.999. The zero-order chi connectivity index (χ0) is 33.3. The van der Waals surface area contributed by atoms with Crippen LogP contribution in [0.25, 0.3) is 33.6 Å². The van der Waals surface area contributed by atoms with Crippen molar-refractivity contribution in [2.45, 2.75) is 75.5 Å². The molecule has 6 aliphatic carbocycles. The molecule has 9 nitrogen and oxygen atoms in total. The van der Waals surface area contributed by atoms with Gasteiger partial charge in [-0.15, -0.1) is 0 Å². The Morgan fingerprint density at radius 3 is 1.71 bits per heavy atom. The number of hydrogen-bond acceptors (Lipinski definition) is 9. The normalized spacial score (nSPS) is 27.7. The molecule has 0 atom stereocenters. The van der Waals surface area contributed by atoms with Gasteiger partial charge in [-0.05, 0) is 68.6 Å². The molecule has 4 aromatic rings. The quantitative estimate of drug-likeness (QED) is 0.139. The lowest BCUT2D eigenvalue weighted by atomic mass is 9.40. The van der Waals surface area contributed by atoms with E-state index in [1.165, 1.54) is 0 Å². The molecule has 2 heterocycles. The molecular weight excluding hydrogens is 649 g/mol. The number of aromatic nitrogens is 4. The number of methoxy groups -OCH3 is 2. The lowest BCUT2D eigenvalue weighted by Gasteiger charge is -2.68. The van der Waals surface area contributed by atoms with E-state index in [2.05, 4.69) is 10.3 Å². The summed E-state index contributed by atoms with van der Waals surface area (Å²) in [6.07, 6.45) is 11.7. The van der Waals surface area contributed by atoms with Gasteiger partial charge in [-0.3, -0.25) is 9.97 Å². The van der Waals surface area contributed by atoms with Crippen molar-refractivity contribution in [1.82, 2.24) is 25.3 Å². The number of nitrogens with zero attached hydrogens (tertiary/aromatic N) is 4. The van der Waals surface area contributed by atoms with Crippen molar-refractivity contribution in [2.24, 2.45) is 10.8 Å². The minimum absolute atomic E-state index is 0.227. The molecule has 2 aromatic carbocycles. The number of ether oxygens (including phenoxy) is 2. The Kier molecular flexibility index (Phi) is 7.73. The third-order valence-electron chi connectivity index (χ3n) is 11.0. The second-order valence-electron chi connectivity index (χ2n) is 14.7. The largest absolute Gasteiger partial charge is 0.480 e. The lowest BCUT2D eigenvalue weighted by Crippen LogP contribution is -2.69. The highest BCUT2D eigenvalue weighted by atomic mass is 35.5. The van der Waals surface area contributed by atoms with Crippen molar-refractivity contribution in [3.8, 4) is 45.4 Å². The molecule has 6 fully saturated rings. The van der Waals surface area contributed by atoms with E-state index in [4.69, 9.17) is 47.6 Å². The Morgan fingerprint density at radius 2 is 1.19 bits per heavy atom. The number of halogens is 2. The molecule has 6 aliphatic rings. The van der Waals surface area contributed by atoms with Crippen LogP contribution in [-0.4, -0.2) is 62.1 Å². The number of rotatable bonds is 13. The minimum atomic E-state index is -0.408. The van der Waals surface area contributed by atoms with Gasteiger partial charge in [-0.2, -0.15) is 0 Å². The summed E-state index contributed by atoms with van der Waals surface area (Å²) in [4.78, 5) is 19.0. The summed E-state index contributed by atoms with van der Waals surface area (Å²) in [5.74, 6) is 0.931. The van der Waals surface area contributed by atoms with E-state index in [0.29, 0.717) is 56.4 Å². The van der Waals surface area contributed by atoms with Crippen LogP contribution in [0.3, 0.4) is 0 Å². The van der Waals surface area contributed by atoms with Gasteiger partial charge in [0, 0.05) is 35.3 Å². The molecule has 11 heteroatoms. The predicted octanol–water partition coefficient (Wildman–Crippen LogP) is 6.83. The summed E-state index contributed by atoms with van der Waals surface area (Å²) in [7, 11) is 3.20. The zero-order valence-electron chi connectivity index (χ0n) is 27.2. The van der Waals surface area contributed by atoms with Crippen LogP contribution in [0, 0.1) is 10.8 Å². The van der Waals surface area contributed by atoms with Crippen LogP contribution < -0.4 is 14.8 Å². The first kappa shape index (κ1) is 31.9. The van der Waals surface area contributed by atoms with Crippen LogP contribution in [0.15, 0.2) is 48.8 Å². The van der Waals surface area contributed by atoms with Gasteiger partial charge in [0.15, 0.2) is 0 Å². The van der Waals surface area contributed by atoms with Gasteiger partial charge < -0.3 is 25.0 Å². The zero-order valence-corrected chi connectivity index (χ0v) is 28.7. The Bertz CT molecular complexity index is 1740. The molecule has 4 bridgehead atoms. The van der Waals surface area contributed by atoms with E-state index in [-0.39, 0.29) is 11.0 Å². The van der Waals surface area contributed by atoms with Gasteiger partial charge in [0.25, 0.3) is 0 Å². The molecule has 0 radical (unpaired) electrons. The molecule has 6 saturated carbocycles. The standard InChI is InChI=1S/C37H39Cl2N5O4/c1-47-32-26(10-5-11-34-15-36(45,16-34)17-34)41-13-27(43-32)24-8-3-6-22(30(24)38)23-7-4-9-25(31(23)39)28-14-42-29(33(44-28)48-2)12-40-21-35-18-37(46,19-35)20-35/h3-4,6-9,13-14,40,45-46H,5,10-12,15-21H2,1-2H3. The molecule has 2 aromatic heterocycles. The average molecular weight is 689 g/mol. The van der Waals surface area contributed by atoms with Crippen molar-refractivity contribution >= 4 is 23.2 Å². The van der Waals surface area contributed by atoms with E-state index >= 15 is 0 Å². The number of aliphatic hydroxyl groups is 2. The molecule has 10 rings (SSSR count). The molecule has 48 heavy (non-hydrogen) atoms. The summed E-state index contributed by atoms with van der Waals surface area (Å²) >= 11 is 14.1. The smallest absolute Gasteiger partial charge is 0.237 e. The van der Waals surface area contributed by atoms with Gasteiger partial charge >= 0.3 is 0 Å². The van der Waals surface area contributed by atoms with Crippen LogP contribution >= 0.6 is 23.2 Å². The first-order chi connectivity index (χ1) is 23.1. The second-order valence-corrected chi connectivity index (χ2v) is 15.5. The summed E-state index contributed by atoms with van der Waals surface area (Å²) < 4.78 is 11.3. The van der Waals surface area contributed by atoms with Crippen LogP contribution in [-0.2, 0) is 13.0 Å². The van der Waals surface area contributed by atoms with Crippen LogP contribution in [0.1, 0.15) is 62.8 Å². The topological polar surface area (TPSA) is 123 Å². The van der Waals surface area contributed by atoms with Gasteiger partial charge in [-0.1, -0.05) is 59.6 Å². The van der Waals surface area contributed by atoms with Crippen molar-refractivity contribution in [3.05, 3.63) is 70.2 Å². The van der Waals surface area contributed by atoms with E-state index in [1.807, 2.05) is 36.4 Å². The number of nitrogens with one attached hydrogen (secondary N) is 1.